The summed E-state index contributed by atoms with van der Waals surface area (Å²) >= 11 is 5.54. The fraction of sp³-hybridized carbons (Fsp3) is 0.346. The molecule has 0 bridgehead atoms. The van der Waals surface area contributed by atoms with Gasteiger partial charge in [-0.2, -0.15) is 0 Å². The highest BCUT2D eigenvalue weighted by atomic mass is 32.1. The Labute approximate surface area is 195 Å². The monoisotopic (exact) mass is 446 g/mol. The number of anilines is 1. The molecule has 0 radical (unpaired) electrons. The van der Waals surface area contributed by atoms with E-state index < -0.39 is 0 Å². The molecule has 2 heterocycles. The zero-order valence-corrected chi connectivity index (χ0v) is 19.8. The second-order valence-electron chi connectivity index (χ2n) is 8.23. The van der Waals surface area contributed by atoms with Gasteiger partial charge in [0.1, 0.15) is 5.82 Å². The van der Waals surface area contributed by atoms with Gasteiger partial charge in [0.2, 0.25) is 4.77 Å². The summed E-state index contributed by atoms with van der Waals surface area (Å²) in [5.41, 5.74) is 4.18. The van der Waals surface area contributed by atoms with Crippen molar-refractivity contribution in [2.75, 3.05) is 31.1 Å². The Balaban J connectivity index is 1.63. The summed E-state index contributed by atoms with van der Waals surface area (Å²) in [6.45, 7) is 9.68. The number of Topliss-reactive ketones (excluding diaryl/α,β-unsaturated/α-hetero) is 1. The molecule has 0 unspecified atom stereocenters. The number of carbonyl (C=O) groups excluding carboxylic acids is 1. The Morgan fingerprint density at radius 3 is 1.97 bits per heavy atom. The highest BCUT2D eigenvalue weighted by Gasteiger charge is 2.29. The smallest absolute Gasteiger partial charge is 0.201 e. The van der Waals surface area contributed by atoms with Crippen LogP contribution in [0.25, 0.3) is 0 Å². The first-order valence-electron chi connectivity index (χ1n) is 11.2. The number of benzene rings is 2. The van der Waals surface area contributed by atoms with Crippen molar-refractivity contribution in [1.82, 2.24) is 14.5 Å². The molecule has 0 saturated carbocycles. The molecule has 1 aliphatic heterocycles. The van der Waals surface area contributed by atoms with Crippen LogP contribution in [-0.2, 0) is 6.54 Å². The molecule has 3 aromatic rings. The summed E-state index contributed by atoms with van der Waals surface area (Å²) in [6, 6.07) is 21.5. The molecule has 6 heteroatoms. The van der Waals surface area contributed by atoms with Crippen LogP contribution in [0.1, 0.15) is 47.1 Å². The van der Waals surface area contributed by atoms with Crippen LogP contribution in [0.5, 0.6) is 0 Å². The zero-order chi connectivity index (χ0) is 22.7. The summed E-state index contributed by atoms with van der Waals surface area (Å²) in [4.78, 5) is 22.0. The van der Waals surface area contributed by atoms with Crippen LogP contribution >= 0.6 is 12.2 Å². The molecule has 0 spiro atoms. The minimum absolute atomic E-state index is 0.0380. The van der Waals surface area contributed by atoms with Gasteiger partial charge in [-0.15, -0.1) is 0 Å². The van der Waals surface area contributed by atoms with Crippen molar-refractivity contribution >= 4 is 23.8 Å². The zero-order valence-electron chi connectivity index (χ0n) is 19.0. The minimum Gasteiger partial charge on any atom is -0.353 e. The van der Waals surface area contributed by atoms with Gasteiger partial charge in [0.15, 0.2) is 5.78 Å². The average molecular weight is 447 g/mol. The van der Waals surface area contributed by atoms with Crippen LogP contribution in [-0.4, -0.2) is 46.4 Å². The van der Waals surface area contributed by atoms with Crippen LogP contribution in [0.15, 0.2) is 60.7 Å². The summed E-state index contributed by atoms with van der Waals surface area (Å²) in [7, 11) is 0. The van der Waals surface area contributed by atoms with E-state index in [4.69, 9.17) is 17.2 Å². The number of carbonyl (C=O) groups is 1. The minimum atomic E-state index is 0.0380. The van der Waals surface area contributed by atoms with Crippen molar-refractivity contribution < 1.29 is 4.79 Å². The molecule has 1 aromatic heterocycles. The number of aromatic nitrogens is 2. The van der Waals surface area contributed by atoms with Crippen molar-refractivity contribution in [3.05, 3.63) is 87.8 Å². The molecule has 166 valence electrons. The lowest BCUT2D eigenvalue weighted by molar-refractivity contribution is 0.101. The molecule has 4 rings (SSSR count). The average Bonchev–Trinajstić information content (AvgIpc) is 2.81. The quantitative estimate of drug-likeness (QED) is 0.391. The number of piperazine rings is 1. The molecule has 0 amide bonds. The van der Waals surface area contributed by atoms with Gasteiger partial charge in [-0.25, -0.2) is 4.98 Å². The SMILES string of the molecule is CCn1c(C)c(C(C)=O)c(N2CCN(C(c3ccccc3)c3ccccc3)CC2)nc1=S. The first-order valence-corrected chi connectivity index (χ1v) is 11.6. The Kier molecular flexibility index (Phi) is 6.82. The molecule has 1 aliphatic rings. The molecule has 32 heavy (non-hydrogen) atoms. The summed E-state index contributed by atoms with van der Waals surface area (Å²) in [6.07, 6.45) is 0. The molecule has 1 saturated heterocycles. The molecule has 0 aliphatic carbocycles. The number of rotatable bonds is 6. The first kappa shape index (κ1) is 22.4. The van der Waals surface area contributed by atoms with E-state index in [2.05, 4.69) is 70.5 Å². The maximum Gasteiger partial charge on any atom is 0.201 e. The van der Waals surface area contributed by atoms with Gasteiger partial charge in [-0.05, 0) is 44.1 Å². The maximum absolute atomic E-state index is 12.5. The van der Waals surface area contributed by atoms with Gasteiger partial charge in [0.25, 0.3) is 0 Å². The number of hydrogen-bond donors (Lipinski definition) is 0. The van der Waals surface area contributed by atoms with Gasteiger partial charge < -0.3 is 9.47 Å². The van der Waals surface area contributed by atoms with Crippen LogP contribution in [0.4, 0.5) is 5.82 Å². The topological polar surface area (TPSA) is 41.4 Å². The molecule has 2 aromatic carbocycles. The fourth-order valence-corrected chi connectivity index (χ4v) is 5.09. The van der Waals surface area contributed by atoms with Crippen LogP contribution in [0, 0.1) is 11.7 Å². The Bertz CT molecular complexity index is 1100. The van der Waals surface area contributed by atoms with Gasteiger partial charge in [0.05, 0.1) is 11.6 Å². The Morgan fingerprint density at radius 1 is 0.969 bits per heavy atom. The van der Waals surface area contributed by atoms with Crippen molar-refractivity contribution in [2.24, 2.45) is 0 Å². The third kappa shape index (κ3) is 4.38. The fourth-order valence-electron chi connectivity index (χ4n) is 4.74. The highest BCUT2D eigenvalue weighted by molar-refractivity contribution is 7.71. The third-order valence-corrected chi connectivity index (χ3v) is 6.61. The van der Waals surface area contributed by atoms with Crippen LogP contribution in [0.3, 0.4) is 0 Å². The highest BCUT2D eigenvalue weighted by Crippen LogP contribution is 2.31. The van der Waals surface area contributed by atoms with E-state index in [9.17, 15) is 4.79 Å². The van der Waals surface area contributed by atoms with Crippen LogP contribution < -0.4 is 4.90 Å². The largest absolute Gasteiger partial charge is 0.353 e. The van der Waals surface area contributed by atoms with E-state index in [0.717, 1.165) is 37.7 Å². The third-order valence-electron chi connectivity index (χ3n) is 6.30. The van der Waals surface area contributed by atoms with E-state index in [1.807, 2.05) is 18.4 Å². The second kappa shape index (κ2) is 9.76. The van der Waals surface area contributed by atoms with Gasteiger partial charge in [0, 0.05) is 38.4 Å². The Hall–Kier alpha value is -2.83. The van der Waals surface area contributed by atoms with Crippen molar-refractivity contribution in [1.29, 1.82) is 0 Å². The molecule has 5 nitrogen and oxygen atoms in total. The molecule has 0 N–H and O–H groups in total. The molecular weight excluding hydrogens is 416 g/mol. The van der Waals surface area contributed by atoms with Gasteiger partial charge >= 0.3 is 0 Å². The maximum atomic E-state index is 12.5. The first-order chi connectivity index (χ1) is 15.5. The van der Waals surface area contributed by atoms with E-state index in [1.54, 1.807) is 6.92 Å². The summed E-state index contributed by atoms with van der Waals surface area (Å²) in [5.74, 6) is 0.774. The number of nitrogens with zero attached hydrogens (tertiary/aromatic N) is 4. The van der Waals surface area contributed by atoms with Gasteiger partial charge in [-0.1, -0.05) is 60.7 Å². The van der Waals surface area contributed by atoms with E-state index in [0.29, 0.717) is 16.9 Å². The predicted octanol–water partition coefficient (Wildman–Crippen LogP) is 5.06. The number of hydrogen-bond acceptors (Lipinski definition) is 5. The molecular formula is C26H30N4OS. The van der Waals surface area contributed by atoms with Gasteiger partial charge in [-0.3, -0.25) is 9.69 Å². The van der Waals surface area contributed by atoms with E-state index in [-0.39, 0.29) is 11.8 Å². The molecule has 0 atom stereocenters. The standard InChI is InChI=1S/C26H30N4OS/c1-4-30-19(2)23(20(3)31)25(27-26(30)32)29-17-15-28(16-18-29)24(21-11-7-5-8-12-21)22-13-9-6-10-14-22/h5-14,24H,4,15-18H2,1-3H3. The lowest BCUT2D eigenvalue weighted by atomic mass is 9.96. The molecule has 1 fully saturated rings. The summed E-state index contributed by atoms with van der Waals surface area (Å²) < 4.78 is 2.48. The van der Waals surface area contributed by atoms with E-state index >= 15 is 0 Å². The lowest BCUT2D eigenvalue weighted by Crippen LogP contribution is -2.48. The second-order valence-corrected chi connectivity index (χ2v) is 8.59. The van der Waals surface area contributed by atoms with Crippen molar-refractivity contribution in [3.63, 3.8) is 0 Å². The Morgan fingerprint density at radius 2 is 1.50 bits per heavy atom. The number of ketones is 1. The van der Waals surface area contributed by atoms with Crippen LogP contribution in [0.2, 0.25) is 0 Å². The van der Waals surface area contributed by atoms with Crippen molar-refractivity contribution in [3.8, 4) is 0 Å². The normalized spacial score (nSPS) is 14.7. The summed E-state index contributed by atoms with van der Waals surface area (Å²) in [5, 5.41) is 0. The van der Waals surface area contributed by atoms with E-state index in [1.165, 1.54) is 11.1 Å². The van der Waals surface area contributed by atoms with Crippen molar-refractivity contribution in [2.45, 2.75) is 33.4 Å². The predicted molar refractivity (Wildman–Crippen MR) is 132 cm³/mol. The lowest BCUT2D eigenvalue weighted by Gasteiger charge is -2.40.